The van der Waals surface area contributed by atoms with E-state index in [1.165, 1.54) is 12.1 Å². The van der Waals surface area contributed by atoms with Gasteiger partial charge >= 0.3 is 0 Å². The van der Waals surface area contributed by atoms with Crippen LogP contribution in [0.1, 0.15) is 29.8 Å². The number of rotatable bonds is 6. The number of aromatic nitrogens is 2. The van der Waals surface area contributed by atoms with Gasteiger partial charge in [0.1, 0.15) is 11.6 Å². The Kier molecular flexibility index (Phi) is 5.59. The second kappa shape index (κ2) is 7.89. The average molecular weight is 374 g/mol. The predicted octanol–water partition coefficient (Wildman–Crippen LogP) is 4.83. The third-order valence-electron chi connectivity index (χ3n) is 4.45. The van der Waals surface area contributed by atoms with Crippen LogP contribution in [0.5, 0.6) is 5.75 Å². The highest BCUT2D eigenvalue weighted by Gasteiger charge is 2.14. The van der Waals surface area contributed by atoms with Crippen molar-refractivity contribution in [2.24, 2.45) is 0 Å². The number of nitrogens with one attached hydrogen (secondary N) is 1. The zero-order valence-corrected chi connectivity index (χ0v) is 15.7. The van der Waals surface area contributed by atoms with Crippen LogP contribution in [-0.2, 0) is 6.54 Å². The molecule has 6 heteroatoms. The van der Waals surface area contributed by atoms with E-state index in [0.717, 1.165) is 28.3 Å². The van der Waals surface area contributed by atoms with E-state index in [1.807, 2.05) is 42.1 Å². The molecule has 0 radical (unpaired) electrons. The Bertz CT molecular complexity index is 893. The van der Waals surface area contributed by atoms with Gasteiger partial charge in [-0.25, -0.2) is 9.07 Å². The number of ether oxygens (including phenoxy) is 1. The van der Waals surface area contributed by atoms with Gasteiger partial charge in [-0.15, -0.1) is 0 Å². The lowest BCUT2D eigenvalue weighted by Gasteiger charge is -2.15. The van der Waals surface area contributed by atoms with Crippen LogP contribution >= 0.6 is 11.6 Å². The van der Waals surface area contributed by atoms with Gasteiger partial charge in [0.2, 0.25) is 0 Å². The van der Waals surface area contributed by atoms with Crippen molar-refractivity contribution < 1.29 is 9.13 Å². The van der Waals surface area contributed by atoms with Gasteiger partial charge < -0.3 is 10.1 Å². The van der Waals surface area contributed by atoms with Crippen molar-refractivity contribution in [2.75, 3.05) is 7.11 Å². The van der Waals surface area contributed by atoms with E-state index >= 15 is 0 Å². The van der Waals surface area contributed by atoms with E-state index in [0.29, 0.717) is 11.6 Å². The molecule has 0 amide bonds. The van der Waals surface area contributed by atoms with Gasteiger partial charge in [-0.1, -0.05) is 17.7 Å². The zero-order valence-electron chi connectivity index (χ0n) is 15.0. The van der Waals surface area contributed by atoms with Crippen LogP contribution in [0.4, 0.5) is 4.39 Å². The number of nitrogens with zero attached hydrogens (tertiary/aromatic N) is 2. The SMILES string of the molecule is COc1ccc(-n2ncc([C@H](C)NCc3ccc(F)cc3Cl)c2C)cc1. The minimum atomic E-state index is -0.330. The first-order valence-electron chi connectivity index (χ1n) is 8.36. The summed E-state index contributed by atoms with van der Waals surface area (Å²) in [4.78, 5) is 0. The first-order chi connectivity index (χ1) is 12.5. The lowest BCUT2D eigenvalue weighted by molar-refractivity contribution is 0.414. The predicted molar refractivity (Wildman–Crippen MR) is 102 cm³/mol. The van der Waals surface area contributed by atoms with E-state index < -0.39 is 0 Å². The molecule has 26 heavy (non-hydrogen) atoms. The molecule has 4 nitrogen and oxygen atoms in total. The van der Waals surface area contributed by atoms with E-state index in [1.54, 1.807) is 13.2 Å². The molecule has 0 aliphatic carbocycles. The van der Waals surface area contributed by atoms with Gasteiger partial charge in [0.05, 0.1) is 19.0 Å². The molecule has 3 rings (SSSR count). The number of benzene rings is 2. The van der Waals surface area contributed by atoms with Crippen molar-refractivity contribution >= 4 is 11.6 Å². The van der Waals surface area contributed by atoms with Gasteiger partial charge in [0.15, 0.2) is 0 Å². The van der Waals surface area contributed by atoms with Gasteiger partial charge in [0, 0.05) is 28.9 Å². The Hall–Kier alpha value is -2.37. The van der Waals surface area contributed by atoms with Crippen molar-refractivity contribution in [3.8, 4) is 11.4 Å². The summed E-state index contributed by atoms with van der Waals surface area (Å²) >= 11 is 6.09. The molecular formula is C20H21ClFN3O. The van der Waals surface area contributed by atoms with Crippen molar-refractivity contribution in [1.29, 1.82) is 0 Å². The van der Waals surface area contributed by atoms with Crippen LogP contribution in [0, 0.1) is 12.7 Å². The molecule has 1 atom stereocenters. The molecule has 136 valence electrons. The Morgan fingerprint density at radius 3 is 2.62 bits per heavy atom. The van der Waals surface area contributed by atoms with Crippen LogP contribution in [0.15, 0.2) is 48.7 Å². The quantitative estimate of drug-likeness (QED) is 0.672. The Labute approximate surface area is 157 Å². The molecule has 0 bridgehead atoms. The highest BCUT2D eigenvalue weighted by Crippen LogP contribution is 2.23. The van der Waals surface area contributed by atoms with Gasteiger partial charge in [-0.3, -0.25) is 0 Å². The molecule has 0 spiro atoms. The minimum absolute atomic E-state index is 0.0723. The standard InChI is InChI=1S/C20H21ClFN3O/c1-13(23-11-15-4-5-16(22)10-20(15)21)19-12-24-25(14(19)2)17-6-8-18(26-3)9-7-17/h4-10,12-13,23H,11H2,1-3H3/t13-/m0/s1. The fraction of sp³-hybridized carbons (Fsp3) is 0.250. The molecule has 3 aromatic rings. The van der Waals surface area contributed by atoms with Crippen LogP contribution in [0.2, 0.25) is 5.02 Å². The van der Waals surface area contributed by atoms with E-state index in [4.69, 9.17) is 16.3 Å². The second-order valence-corrected chi connectivity index (χ2v) is 6.54. The minimum Gasteiger partial charge on any atom is -0.497 e. The maximum Gasteiger partial charge on any atom is 0.124 e. The molecule has 1 N–H and O–H groups in total. The molecule has 0 saturated carbocycles. The smallest absolute Gasteiger partial charge is 0.124 e. The first-order valence-corrected chi connectivity index (χ1v) is 8.73. The molecular weight excluding hydrogens is 353 g/mol. The summed E-state index contributed by atoms with van der Waals surface area (Å²) < 4.78 is 20.2. The molecule has 0 unspecified atom stereocenters. The van der Waals surface area contributed by atoms with Crippen LogP contribution in [-0.4, -0.2) is 16.9 Å². The Morgan fingerprint density at radius 1 is 1.23 bits per heavy atom. The lowest BCUT2D eigenvalue weighted by atomic mass is 10.1. The monoisotopic (exact) mass is 373 g/mol. The topological polar surface area (TPSA) is 39.1 Å². The van der Waals surface area contributed by atoms with Crippen molar-refractivity contribution in [1.82, 2.24) is 15.1 Å². The highest BCUT2D eigenvalue weighted by atomic mass is 35.5. The summed E-state index contributed by atoms with van der Waals surface area (Å²) in [6.45, 7) is 4.66. The van der Waals surface area contributed by atoms with E-state index in [9.17, 15) is 4.39 Å². The third-order valence-corrected chi connectivity index (χ3v) is 4.80. The lowest BCUT2D eigenvalue weighted by Crippen LogP contribution is -2.19. The summed E-state index contributed by atoms with van der Waals surface area (Å²) in [6, 6.07) is 12.3. The molecule has 1 aromatic heterocycles. The number of methoxy groups -OCH3 is 1. The summed E-state index contributed by atoms with van der Waals surface area (Å²) in [6.07, 6.45) is 1.86. The number of halogens is 2. The first kappa shape index (κ1) is 18.4. The van der Waals surface area contributed by atoms with E-state index in [-0.39, 0.29) is 11.9 Å². The van der Waals surface area contributed by atoms with Gasteiger partial charge in [-0.05, 0) is 55.8 Å². The van der Waals surface area contributed by atoms with Crippen molar-refractivity contribution in [3.63, 3.8) is 0 Å². The maximum absolute atomic E-state index is 13.2. The maximum atomic E-state index is 13.2. The molecule has 2 aromatic carbocycles. The normalized spacial score (nSPS) is 12.2. The molecule has 0 saturated heterocycles. The van der Waals surface area contributed by atoms with Gasteiger partial charge in [0.25, 0.3) is 0 Å². The molecule has 0 fully saturated rings. The van der Waals surface area contributed by atoms with E-state index in [2.05, 4.69) is 17.3 Å². The Balaban J connectivity index is 1.73. The second-order valence-electron chi connectivity index (χ2n) is 6.13. The summed E-state index contributed by atoms with van der Waals surface area (Å²) in [7, 11) is 1.65. The van der Waals surface area contributed by atoms with Crippen LogP contribution < -0.4 is 10.1 Å². The zero-order chi connectivity index (χ0) is 18.7. The molecule has 1 heterocycles. The number of hydrogen-bond acceptors (Lipinski definition) is 3. The largest absolute Gasteiger partial charge is 0.497 e. The van der Waals surface area contributed by atoms with Crippen molar-refractivity contribution in [3.05, 3.63) is 76.3 Å². The molecule has 0 aliphatic rings. The highest BCUT2D eigenvalue weighted by molar-refractivity contribution is 6.31. The fourth-order valence-corrected chi connectivity index (χ4v) is 3.10. The Morgan fingerprint density at radius 2 is 1.96 bits per heavy atom. The number of hydrogen-bond donors (Lipinski definition) is 1. The van der Waals surface area contributed by atoms with Crippen LogP contribution in [0.25, 0.3) is 5.69 Å². The third kappa shape index (κ3) is 3.89. The average Bonchev–Trinajstić information content (AvgIpc) is 3.02. The summed E-state index contributed by atoms with van der Waals surface area (Å²) in [5.41, 5.74) is 3.99. The summed E-state index contributed by atoms with van der Waals surface area (Å²) in [5.74, 6) is 0.480. The van der Waals surface area contributed by atoms with Crippen molar-refractivity contribution in [2.45, 2.75) is 26.4 Å². The fourth-order valence-electron chi connectivity index (χ4n) is 2.87. The van der Waals surface area contributed by atoms with Gasteiger partial charge in [-0.2, -0.15) is 5.10 Å². The van der Waals surface area contributed by atoms with Crippen LogP contribution in [0.3, 0.4) is 0 Å². The molecule has 0 aliphatic heterocycles. The summed E-state index contributed by atoms with van der Waals surface area (Å²) in [5, 5.41) is 8.35.